The molecule has 0 aromatic heterocycles. The van der Waals surface area contributed by atoms with Crippen LogP contribution in [0.15, 0.2) is 11.1 Å². The summed E-state index contributed by atoms with van der Waals surface area (Å²) in [5.41, 5.74) is 0.975. The van der Waals surface area contributed by atoms with E-state index in [1.54, 1.807) is 13.8 Å². The minimum absolute atomic E-state index is 0.147. The Balaban J connectivity index is 3.05. The minimum atomic E-state index is -0.603. The molecule has 0 unspecified atom stereocenters. The lowest BCUT2D eigenvalue weighted by molar-refractivity contribution is -0.153. The first-order valence-electron chi connectivity index (χ1n) is 5.32. The largest absolute Gasteiger partial charge is 0.465 e. The second-order valence-corrected chi connectivity index (χ2v) is 4.23. The lowest BCUT2D eigenvalue weighted by Gasteiger charge is -2.32. The predicted molar refractivity (Wildman–Crippen MR) is 57.4 cm³/mol. The fourth-order valence-corrected chi connectivity index (χ4v) is 1.91. The van der Waals surface area contributed by atoms with Crippen LogP contribution in [-0.4, -0.2) is 18.4 Å². The summed E-state index contributed by atoms with van der Waals surface area (Å²) in [6.07, 6.45) is 1.01. The molecule has 84 valence electrons. The van der Waals surface area contributed by atoms with Gasteiger partial charge >= 0.3 is 5.97 Å². The van der Waals surface area contributed by atoms with Crippen LogP contribution in [0.5, 0.6) is 0 Å². The van der Waals surface area contributed by atoms with Gasteiger partial charge in [0.1, 0.15) is 0 Å². The SMILES string of the molecule is CCOC(=O)[C@]1(C)CCC(=O)C(C)=C1C. The summed E-state index contributed by atoms with van der Waals surface area (Å²) < 4.78 is 5.05. The molecular weight excluding hydrogens is 192 g/mol. The maximum atomic E-state index is 11.8. The fraction of sp³-hybridized carbons (Fsp3) is 0.667. The number of hydrogen-bond donors (Lipinski definition) is 0. The van der Waals surface area contributed by atoms with E-state index in [0.717, 1.165) is 11.1 Å². The van der Waals surface area contributed by atoms with Gasteiger partial charge in [-0.05, 0) is 45.3 Å². The first kappa shape index (κ1) is 12.0. The van der Waals surface area contributed by atoms with Gasteiger partial charge in [0, 0.05) is 6.42 Å². The van der Waals surface area contributed by atoms with Gasteiger partial charge in [0.2, 0.25) is 0 Å². The van der Waals surface area contributed by atoms with Crippen molar-refractivity contribution in [2.45, 2.75) is 40.5 Å². The highest BCUT2D eigenvalue weighted by atomic mass is 16.5. The van der Waals surface area contributed by atoms with E-state index < -0.39 is 5.41 Å². The van der Waals surface area contributed by atoms with E-state index in [9.17, 15) is 9.59 Å². The van der Waals surface area contributed by atoms with Crippen LogP contribution >= 0.6 is 0 Å². The molecule has 0 saturated heterocycles. The van der Waals surface area contributed by atoms with E-state index in [2.05, 4.69) is 0 Å². The second-order valence-electron chi connectivity index (χ2n) is 4.23. The van der Waals surface area contributed by atoms with E-state index in [4.69, 9.17) is 4.74 Å². The number of carbonyl (C=O) groups is 2. The molecule has 0 amide bonds. The lowest BCUT2D eigenvalue weighted by Crippen LogP contribution is -2.36. The number of allylic oxidation sites excluding steroid dienone is 1. The highest BCUT2D eigenvalue weighted by molar-refractivity contribution is 5.99. The molecule has 0 heterocycles. The lowest BCUT2D eigenvalue weighted by atomic mass is 9.71. The van der Waals surface area contributed by atoms with E-state index in [-0.39, 0.29) is 11.8 Å². The first-order chi connectivity index (χ1) is 6.93. The standard InChI is InChI=1S/C12H18O3/c1-5-15-11(14)12(4)7-6-10(13)8(2)9(12)3/h5-7H2,1-4H3/t12-/m1/s1. The zero-order valence-corrected chi connectivity index (χ0v) is 9.85. The van der Waals surface area contributed by atoms with Crippen LogP contribution in [-0.2, 0) is 14.3 Å². The van der Waals surface area contributed by atoms with Gasteiger partial charge in [-0.2, -0.15) is 0 Å². The van der Waals surface area contributed by atoms with Gasteiger partial charge < -0.3 is 4.74 Å². The topological polar surface area (TPSA) is 43.4 Å². The Morgan fingerprint density at radius 3 is 2.60 bits per heavy atom. The molecule has 0 fully saturated rings. The van der Waals surface area contributed by atoms with Crippen LogP contribution in [0.3, 0.4) is 0 Å². The Morgan fingerprint density at radius 1 is 1.47 bits per heavy atom. The van der Waals surface area contributed by atoms with E-state index in [1.165, 1.54) is 0 Å². The molecule has 0 aliphatic heterocycles. The molecule has 1 rings (SSSR count). The van der Waals surface area contributed by atoms with Gasteiger partial charge in [0.05, 0.1) is 12.0 Å². The van der Waals surface area contributed by atoms with Crippen molar-refractivity contribution < 1.29 is 14.3 Å². The molecule has 3 heteroatoms. The molecule has 0 N–H and O–H groups in total. The molecule has 0 spiro atoms. The molecular formula is C12H18O3. The third-order valence-electron chi connectivity index (χ3n) is 3.39. The van der Waals surface area contributed by atoms with Gasteiger partial charge in [-0.15, -0.1) is 0 Å². The van der Waals surface area contributed by atoms with Crippen LogP contribution in [0.1, 0.15) is 40.5 Å². The van der Waals surface area contributed by atoms with Crippen molar-refractivity contribution >= 4 is 11.8 Å². The van der Waals surface area contributed by atoms with Crippen molar-refractivity contribution in [2.75, 3.05) is 6.61 Å². The molecule has 0 radical (unpaired) electrons. The minimum Gasteiger partial charge on any atom is -0.465 e. The number of esters is 1. The van der Waals surface area contributed by atoms with Crippen molar-refractivity contribution in [2.24, 2.45) is 5.41 Å². The maximum Gasteiger partial charge on any atom is 0.315 e. The highest BCUT2D eigenvalue weighted by Crippen LogP contribution is 2.39. The molecule has 0 aromatic rings. The van der Waals surface area contributed by atoms with Crippen LogP contribution in [0.4, 0.5) is 0 Å². The normalized spacial score (nSPS) is 26.8. The monoisotopic (exact) mass is 210 g/mol. The summed E-state index contributed by atoms with van der Waals surface area (Å²) in [7, 11) is 0. The molecule has 3 nitrogen and oxygen atoms in total. The zero-order chi connectivity index (χ0) is 11.6. The Morgan fingerprint density at radius 2 is 2.07 bits per heavy atom. The van der Waals surface area contributed by atoms with E-state index >= 15 is 0 Å². The molecule has 0 aromatic carbocycles. The summed E-state index contributed by atoms with van der Waals surface area (Å²) in [6.45, 7) is 7.67. The van der Waals surface area contributed by atoms with Crippen LogP contribution in [0.2, 0.25) is 0 Å². The van der Waals surface area contributed by atoms with Gasteiger partial charge in [0.25, 0.3) is 0 Å². The molecule has 15 heavy (non-hydrogen) atoms. The summed E-state index contributed by atoms with van der Waals surface area (Å²) in [6, 6.07) is 0. The van der Waals surface area contributed by atoms with Crippen molar-refractivity contribution in [1.29, 1.82) is 0 Å². The van der Waals surface area contributed by atoms with E-state index in [1.807, 2.05) is 13.8 Å². The zero-order valence-electron chi connectivity index (χ0n) is 9.85. The van der Waals surface area contributed by atoms with Crippen LogP contribution < -0.4 is 0 Å². The summed E-state index contributed by atoms with van der Waals surface area (Å²) >= 11 is 0. The molecule has 1 aliphatic rings. The smallest absolute Gasteiger partial charge is 0.315 e. The van der Waals surface area contributed by atoms with Crippen LogP contribution in [0.25, 0.3) is 0 Å². The number of rotatable bonds is 2. The van der Waals surface area contributed by atoms with Crippen molar-refractivity contribution in [3.05, 3.63) is 11.1 Å². The van der Waals surface area contributed by atoms with Crippen LogP contribution in [0, 0.1) is 5.41 Å². The van der Waals surface area contributed by atoms with Gasteiger partial charge in [-0.1, -0.05) is 0 Å². The third kappa shape index (κ3) is 1.96. The van der Waals surface area contributed by atoms with Crippen molar-refractivity contribution in [3.63, 3.8) is 0 Å². The average Bonchev–Trinajstić information content (AvgIpc) is 2.21. The Bertz CT molecular complexity index is 328. The molecule has 1 atom stereocenters. The predicted octanol–water partition coefficient (Wildman–Crippen LogP) is 2.26. The Labute approximate surface area is 90.5 Å². The van der Waals surface area contributed by atoms with Gasteiger partial charge in [-0.3, -0.25) is 9.59 Å². The third-order valence-corrected chi connectivity index (χ3v) is 3.39. The summed E-state index contributed by atoms with van der Waals surface area (Å²) in [5, 5.41) is 0. The number of ether oxygens (including phenoxy) is 1. The first-order valence-corrected chi connectivity index (χ1v) is 5.32. The number of carbonyl (C=O) groups excluding carboxylic acids is 2. The Hall–Kier alpha value is -1.12. The quantitative estimate of drug-likeness (QED) is 0.656. The summed E-state index contributed by atoms with van der Waals surface area (Å²) in [5.74, 6) is -0.0661. The van der Waals surface area contributed by atoms with Gasteiger partial charge in [0.15, 0.2) is 5.78 Å². The highest BCUT2D eigenvalue weighted by Gasteiger charge is 2.41. The number of hydrogen-bond acceptors (Lipinski definition) is 3. The molecule has 1 aliphatic carbocycles. The van der Waals surface area contributed by atoms with Crippen molar-refractivity contribution in [3.8, 4) is 0 Å². The van der Waals surface area contributed by atoms with Crippen molar-refractivity contribution in [1.82, 2.24) is 0 Å². The summed E-state index contributed by atoms with van der Waals surface area (Å²) in [4.78, 5) is 23.3. The second kappa shape index (κ2) is 4.17. The fourth-order valence-electron chi connectivity index (χ4n) is 1.91. The average molecular weight is 210 g/mol. The molecule has 0 bridgehead atoms. The number of Topliss-reactive ketones (excluding diaryl/α,β-unsaturated/α-hetero) is 1. The molecule has 0 saturated carbocycles. The van der Waals surface area contributed by atoms with Gasteiger partial charge in [-0.25, -0.2) is 0 Å². The Kier molecular flexibility index (Phi) is 3.32. The maximum absolute atomic E-state index is 11.8. The number of ketones is 1. The van der Waals surface area contributed by atoms with E-state index in [0.29, 0.717) is 19.4 Å².